The summed E-state index contributed by atoms with van der Waals surface area (Å²) in [5.41, 5.74) is 8.26. The predicted octanol–water partition coefficient (Wildman–Crippen LogP) is 2.20. The highest BCUT2D eigenvalue weighted by molar-refractivity contribution is 7.92. The van der Waals surface area contributed by atoms with E-state index in [4.69, 9.17) is 10.5 Å². The van der Waals surface area contributed by atoms with Gasteiger partial charge in [0, 0.05) is 18.5 Å². The third-order valence-corrected chi connectivity index (χ3v) is 8.44. The van der Waals surface area contributed by atoms with Crippen LogP contribution in [0.15, 0.2) is 29.2 Å². The number of likely N-dealkylation sites (tertiary alicyclic amines) is 1. The molecule has 1 aliphatic rings. The van der Waals surface area contributed by atoms with Crippen LogP contribution in [0, 0.1) is 13.8 Å². The Morgan fingerprint density at radius 3 is 2.69 bits per heavy atom. The Balaban J connectivity index is 1.56. The number of hydrogen-bond acceptors (Lipinski definition) is 8. The second kappa shape index (κ2) is 6.96. The average molecular weight is 433 g/mol. The van der Waals surface area contributed by atoms with Gasteiger partial charge in [-0.15, -0.1) is 16.4 Å². The van der Waals surface area contributed by atoms with Crippen molar-refractivity contribution in [3.05, 3.63) is 40.4 Å². The summed E-state index contributed by atoms with van der Waals surface area (Å²) in [5, 5.41) is 8.30. The third kappa shape index (κ3) is 3.12. The molecule has 0 saturated carbocycles. The number of fused-ring (bicyclic) bond motifs is 1. The molecule has 152 valence electrons. The normalized spacial score (nSPS) is 14.8. The van der Waals surface area contributed by atoms with Crippen molar-refractivity contribution in [3.8, 4) is 5.75 Å². The van der Waals surface area contributed by atoms with Crippen molar-refractivity contribution >= 4 is 43.0 Å². The highest BCUT2D eigenvalue weighted by Crippen LogP contribution is 2.37. The van der Waals surface area contributed by atoms with E-state index in [1.54, 1.807) is 12.1 Å². The first kappa shape index (κ1) is 19.6. The van der Waals surface area contributed by atoms with Crippen LogP contribution in [0.3, 0.4) is 0 Å². The number of carbonyl (C=O) groups excluding carboxylic acids is 1. The molecule has 2 N–H and O–H groups in total. The Kier molecular flexibility index (Phi) is 4.70. The molecule has 0 bridgehead atoms. The van der Waals surface area contributed by atoms with Crippen molar-refractivity contribution in [2.24, 2.45) is 0 Å². The molecule has 29 heavy (non-hydrogen) atoms. The minimum atomic E-state index is -3.55. The van der Waals surface area contributed by atoms with Crippen LogP contribution in [0.4, 0.5) is 5.69 Å². The topological polar surface area (TPSA) is 115 Å². The number of aromatic nitrogens is 2. The zero-order chi connectivity index (χ0) is 20.9. The number of aryl methyl sites for hydroxylation is 2. The molecule has 0 radical (unpaired) electrons. The van der Waals surface area contributed by atoms with Gasteiger partial charge in [0.25, 0.3) is 5.91 Å². The average Bonchev–Trinajstić information content (AvgIpc) is 3.00. The first-order valence-corrected chi connectivity index (χ1v) is 11.3. The van der Waals surface area contributed by atoms with Gasteiger partial charge in [0.15, 0.2) is 9.84 Å². The molecular weight excluding hydrogens is 412 g/mol. The lowest BCUT2D eigenvalue weighted by Gasteiger charge is -2.38. The number of nitrogen functional groups attached to an aromatic ring is 1. The van der Waals surface area contributed by atoms with Crippen molar-refractivity contribution in [2.75, 3.05) is 25.9 Å². The minimum absolute atomic E-state index is 0.121. The zero-order valence-corrected chi connectivity index (χ0v) is 17.8. The number of thiophene rings is 1. The number of anilines is 1. The van der Waals surface area contributed by atoms with Crippen LogP contribution < -0.4 is 10.5 Å². The summed E-state index contributed by atoms with van der Waals surface area (Å²) >= 11 is 1.19. The van der Waals surface area contributed by atoms with Gasteiger partial charge >= 0.3 is 0 Å². The van der Waals surface area contributed by atoms with E-state index in [0.29, 0.717) is 21.1 Å². The van der Waals surface area contributed by atoms with E-state index >= 15 is 0 Å². The van der Waals surface area contributed by atoms with E-state index in [9.17, 15) is 13.2 Å². The fourth-order valence-electron chi connectivity index (χ4n) is 3.31. The van der Waals surface area contributed by atoms with Crippen molar-refractivity contribution in [2.45, 2.75) is 24.0 Å². The Hall–Kier alpha value is -2.72. The number of rotatable bonds is 4. The smallest absolute Gasteiger partial charge is 0.266 e. The van der Waals surface area contributed by atoms with E-state index in [2.05, 4.69) is 10.2 Å². The molecule has 1 fully saturated rings. The highest BCUT2D eigenvalue weighted by atomic mass is 32.2. The molecule has 0 unspecified atom stereocenters. The summed E-state index contributed by atoms with van der Waals surface area (Å²) in [5.74, 6) is 0.197. The summed E-state index contributed by atoms with van der Waals surface area (Å²) in [6, 6.07) is 6.35. The van der Waals surface area contributed by atoms with Gasteiger partial charge in [-0.25, -0.2) is 8.42 Å². The monoisotopic (exact) mass is 432 g/mol. The lowest BCUT2D eigenvalue weighted by Crippen LogP contribution is -2.56. The van der Waals surface area contributed by atoms with Crippen LogP contribution in [-0.4, -0.2) is 54.9 Å². The van der Waals surface area contributed by atoms with E-state index in [0.717, 1.165) is 16.6 Å². The SMILES string of the molecule is COc1cccc(S(=O)(=O)C2CN(C(=O)c3sc4nnc(C)c(C)c4c3N)C2)c1. The summed E-state index contributed by atoms with van der Waals surface area (Å²) in [7, 11) is -2.07. The van der Waals surface area contributed by atoms with Crippen LogP contribution in [0.1, 0.15) is 20.9 Å². The second-order valence-corrected chi connectivity index (χ2v) is 10.2. The first-order chi connectivity index (χ1) is 13.7. The molecule has 3 heterocycles. The van der Waals surface area contributed by atoms with Crippen LogP contribution in [-0.2, 0) is 9.84 Å². The van der Waals surface area contributed by atoms with Gasteiger partial charge in [0.1, 0.15) is 20.7 Å². The molecule has 0 atom stereocenters. The van der Waals surface area contributed by atoms with E-state index in [1.807, 2.05) is 13.8 Å². The van der Waals surface area contributed by atoms with Crippen LogP contribution >= 0.6 is 11.3 Å². The lowest BCUT2D eigenvalue weighted by atomic mass is 10.1. The maximum atomic E-state index is 12.9. The Morgan fingerprint density at radius 2 is 2.00 bits per heavy atom. The van der Waals surface area contributed by atoms with Gasteiger partial charge in [-0.2, -0.15) is 5.10 Å². The van der Waals surface area contributed by atoms with Gasteiger partial charge < -0.3 is 15.4 Å². The Labute approximate surface area is 172 Å². The molecule has 1 saturated heterocycles. The fourth-order valence-corrected chi connectivity index (χ4v) is 6.07. The van der Waals surface area contributed by atoms with Crippen LogP contribution in [0.5, 0.6) is 5.75 Å². The molecule has 10 heteroatoms. The molecular formula is C19H20N4O4S2. The molecule has 1 aliphatic heterocycles. The summed E-state index contributed by atoms with van der Waals surface area (Å²) in [4.78, 5) is 15.6. The summed E-state index contributed by atoms with van der Waals surface area (Å²) < 4.78 is 30.8. The molecule has 2 aromatic heterocycles. The number of nitrogens with zero attached hydrogens (tertiary/aromatic N) is 3. The zero-order valence-electron chi connectivity index (χ0n) is 16.2. The van der Waals surface area contributed by atoms with Crippen molar-refractivity contribution in [1.82, 2.24) is 15.1 Å². The molecule has 1 aromatic carbocycles. The highest BCUT2D eigenvalue weighted by Gasteiger charge is 2.41. The number of hydrogen-bond donors (Lipinski definition) is 1. The van der Waals surface area contributed by atoms with E-state index in [-0.39, 0.29) is 23.9 Å². The van der Waals surface area contributed by atoms with E-state index in [1.165, 1.54) is 35.5 Å². The number of carbonyl (C=O) groups is 1. The van der Waals surface area contributed by atoms with Gasteiger partial charge in [0.05, 0.1) is 23.4 Å². The van der Waals surface area contributed by atoms with Crippen LogP contribution in [0.25, 0.3) is 10.2 Å². The molecule has 0 aliphatic carbocycles. The minimum Gasteiger partial charge on any atom is -0.497 e. The standard InChI is InChI=1S/C19H20N4O4S2/c1-10-11(2)21-22-18-15(10)16(20)17(28-18)19(24)23-8-14(9-23)29(25,26)13-6-4-5-12(7-13)27-3/h4-7,14H,8-9,20H2,1-3H3. The quantitative estimate of drug-likeness (QED) is 0.672. The van der Waals surface area contributed by atoms with Gasteiger partial charge in [-0.3, -0.25) is 4.79 Å². The number of amides is 1. The number of benzene rings is 1. The Morgan fingerprint density at radius 1 is 1.28 bits per heavy atom. The van der Waals surface area contributed by atoms with Gasteiger partial charge in [-0.1, -0.05) is 6.07 Å². The molecule has 3 aromatic rings. The number of methoxy groups -OCH3 is 1. The van der Waals surface area contributed by atoms with Gasteiger partial charge in [-0.05, 0) is 37.6 Å². The molecule has 0 spiro atoms. The maximum Gasteiger partial charge on any atom is 0.266 e. The Bertz CT molecular complexity index is 1230. The second-order valence-electron chi connectivity index (χ2n) is 6.99. The van der Waals surface area contributed by atoms with Crippen molar-refractivity contribution in [3.63, 3.8) is 0 Å². The van der Waals surface area contributed by atoms with Crippen LogP contribution in [0.2, 0.25) is 0 Å². The number of ether oxygens (including phenoxy) is 1. The van der Waals surface area contributed by atoms with Gasteiger partial charge in [0.2, 0.25) is 0 Å². The summed E-state index contributed by atoms with van der Waals surface area (Å²) in [6.07, 6.45) is 0. The number of nitrogens with two attached hydrogens (primary N) is 1. The predicted molar refractivity (Wildman–Crippen MR) is 111 cm³/mol. The maximum absolute atomic E-state index is 12.9. The van der Waals surface area contributed by atoms with E-state index < -0.39 is 15.1 Å². The summed E-state index contributed by atoms with van der Waals surface area (Å²) in [6.45, 7) is 3.97. The largest absolute Gasteiger partial charge is 0.497 e. The lowest BCUT2D eigenvalue weighted by molar-refractivity contribution is 0.0665. The molecule has 4 rings (SSSR count). The van der Waals surface area contributed by atoms with Crippen molar-refractivity contribution < 1.29 is 17.9 Å². The third-order valence-electron chi connectivity index (χ3n) is 5.27. The molecule has 8 nitrogen and oxygen atoms in total. The first-order valence-electron chi connectivity index (χ1n) is 8.93. The number of sulfone groups is 1. The fraction of sp³-hybridized carbons (Fsp3) is 0.316. The van der Waals surface area contributed by atoms with Crippen molar-refractivity contribution in [1.29, 1.82) is 0 Å². The molecule has 1 amide bonds.